The van der Waals surface area contributed by atoms with E-state index in [1.165, 1.54) is 33.1 Å². The van der Waals surface area contributed by atoms with E-state index in [9.17, 15) is 0 Å². The smallest absolute Gasteiger partial charge is 0.182 e. The average molecular weight is 474 g/mol. The van der Waals surface area contributed by atoms with Crippen LogP contribution in [-0.4, -0.2) is 11.7 Å². The minimum atomic E-state index is 0. The molecule has 0 N–H and O–H groups in total. The van der Waals surface area contributed by atoms with Gasteiger partial charge in [-0.05, 0) is 32.5 Å². The van der Waals surface area contributed by atoms with E-state index in [1.54, 1.807) is 0 Å². The van der Waals surface area contributed by atoms with E-state index in [1.807, 2.05) is 18.3 Å². The molecule has 4 rings (SSSR count). The molecule has 1 radical (unpaired) electrons. The third-order valence-corrected chi connectivity index (χ3v) is 4.61. The maximum Gasteiger partial charge on any atom is 0.182 e. The first-order valence-corrected chi connectivity index (χ1v) is 7.70. The van der Waals surface area contributed by atoms with E-state index in [0.29, 0.717) is 0 Å². The van der Waals surface area contributed by atoms with Gasteiger partial charge < -0.3 is 4.98 Å². The predicted molar refractivity (Wildman–Crippen MR) is 93.8 cm³/mol. The van der Waals surface area contributed by atoms with E-state index in [0.717, 1.165) is 11.3 Å². The Kier molecular flexibility index (Phi) is 4.27. The fraction of sp³-hybridized carbons (Fsp3) is 0.150. The number of benzene rings is 2. The van der Waals surface area contributed by atoms with Crippen molar-refractivity contribution in [1.29, 1.82) is 0 Å². The van der Waals surface area contributed by atoms with Crippen molar-refractivity contribution in [3.05, 3.63) is 71.4 Å². The van der Waals surface area contributed by atoms with Crippen LogP contribution in [0.3, 0.4) is 0 Å². The van der Waals surface area contributed by atoms with Gasteiger partial charge in [-0.2, -0.15) is 0 Å². The molecule has 23 heavy (non-hydrogen) atoms. The third kappa shape index (κ3) is 2.49. The van der Waals surface area contributed by atoms with Crippen LogP contribution >= 0.6 is 0 Å². The number of hydrogen-bond acceptors (Lipinski definition) is 1. The summed E-state index contributed by atoms with van der Waals surface area (Å²) in [6, 6.07) is 18.5. The van der Waals surface area contributed by atoms with Crippen molar-refractivity contribution in [2.75, 3.05) is 0 Å². The molecule has 2 heterocycles. The molecule has 0 fully saturated rings. The van der Waals surface area contributed by atoms with Crippen LogP contribution in [0.1, 0.15) is 16.7 Å². The van der Waals surface area contributed by atoms with Crippen LogP contribution in [0.25, 0.3) is 11.3 Å². The Morgan fingerprint density at radius 1 is 0.957 bits per heavy atom. The van der Waals surface area contributed by atoms with Gasteiger partial charge in [0.2, 0.25) is 0 Å². The molecule has 0 unspecified atom stereocenters. The first kappa shape index (κ1) is 16.2. The number of aromatic nitrogens is 1. The number of fused-ring (bicyclic) bond motifs is 3. The van der Waals surface area contributed by atoms with E-state index in [-0.39, 0.29) is 26.8 Å². The van der Waals surface area contributed by atoms with E-state index in [2.05, 4.69) is 62.2 Å². The molecule has 0 aliphatic carbocycles. The molecule has 0 amide bonds. The summed E-state index contributed by atoms with van der Waals surface area (Å²) in [6.07, 6.45) is 1.88. The van der Waals surface area contributed by atoms with Crippen LogP contribution in [-0.2, 0) is 20.1 Å². The standard InChI is InChI=1S/C20H17BN.Ir/c1-13-11-14(2)19(15(3)12-13)21-17-8-5-4-7-16(17)20-18(21)9-6-10-22-20;/h4-6,8-12H,1-3H3;/q-1;. The first-order valence-electron chi connectivity index (χ1n) is 7.70. The van der Waals surface area contributed by atoms with Gasteiger partial charge in [-0.3, -0.25) is 0 Å². The summed E-state index contributed by atoms with van der Waals surface area (Å²) in [4.78, 5) is 4.62. The van der Waals surface area contributed by atoms with Crippen LogP contribution in [0.15, 0.2) is 48.7 Å². The number of hydrogen-bond donors (Lipinski definition) is 0. The average Bonchev–Trinajstić information content (AvgIpc) is 2.82. The molecule has 1 aromatic heterocycles. The van der Waals surface area contributed by atoms with Crippen molar-refractivity contribution in [3.8, 4) is 11.3 Å². The van der Waals surface area contributed by atoms with Crippen LogP contribution in [0.2, 0.25) is 0 Å². The maximum atomic E-state index is 4.62. The quantitative estimate of drug-likeness (QED) is 0.305. The van der Waals surface area contributed by atoms with Gasteiger partial charge in [-0.25, -0.2) is 0 Å². The fourth-order valence-electron chi connectivity index (χ4n) is 3.88. The molecule has 1 aliphatic heterocycles. The zero-order valence-electron chi connectivity index (χ0n) is 13.5. The van der Waals surface area contributed by atoms with E-state index >= 15 is 0 Å². The van der Waals surface area contributed by atoms with Gasteiger partial charge in [0.05, 0.1) is 0 Å². The van der Waals surface area contributed by atoms with Crippen LogP contribution in [0.5, 0.6) is 0 Å². The van der Waals surface area contributed by atoms with E-state index in [4.69, 9.17) is 0 Å². The van der Waals surface area contributed by atoms with Crippen molar-refractivity contribution in [1.82, 2.24) is 4.98 Å². The van der Waals surface area contributed by atoms with Crippen LogP contribution in [0, 0.1) is 26.8 Å². The number of rotatable bonds is 1. The molecule has 0 atom stereocenters. The Morgan fingerprint density at radius 3 is 2.39 bits per heavy atom. The fourth-order valence-corrected chi connectivity index (χ4v) is 3.88. The summed E-state index contributed by atoms with van der Waals surface area (Å²) in [5, 5.41) is 0. The minimum absolute atomic E-state index is 0. The summed E-state index contributed by atoms with van der Waals surface area (Å²) in [6.45, 7) is 6.87. The van der Waals surface area contributed by atoms with Crippen molar-refractivity contribution in [2.24, 2.45) is 0 Å². The summed E-state index contributed by atoms with van der Waals surface area (Å²) in [5.74, 6) is 0. The Hall–Kier alpha value is -1.70. The van der Waals surface area contributed by atoms with Gasteiger partial charge in [0.15, 0.2) is 6.71 Å². The zero-order chi connectivity index (χ0) is 15.3. The van der Waals surface area contributed by atoms with Gasteiger partial charge in [0.25, 0.3) is 0 Å². The van der Waals surface area contributed by atoms with Crippen LogP contribution in [0.4, 0.5) is 0 Å². The molecule has 1 aliphatic rings. The second-order valence-electron chi connectivity index (χ2n) is 6.19. The minimum Gasteiger partial charge on any atom is -0.305 e. The molecule has 0 bridgehead atoms. The predicted octanol–water partition coefficient (Wildman–Crippen LogP) is 2.30. The Labute approximate surface area is 151 Å². The van der Waals surface area contributed by atoms with Crippen LogP contribution < -0.4 is 16.4 Å². The monoisotopic (exact) mass is 475 g/mol. The molecule has 1 nitrogen and oxygen atoms in total. The van der Waals surface area contributed by atoms with Gasteiger partial charge in [-0.1, -0.05) is 45.8 Å². The third-order valence-electron chi connectivity index (χ3n) is 4.61. The summed E-state index contributed by atoms with van der Waals surface area (Å²) in [5.41, 5.74) is 10.3. The van der Waals surface area contributed by atoms with Gasteiger partial charge in [0.1, 0.15) is 0 Å². The molecule has 2 aromatic carbocycles. The van der Waals surface area contributed by atoms with Gasteiger partial charge in [-0.15, -0.1) is 35.3 Å². The molecular weight excluding hydrogens is 457 g/mol. The largest absolute Gasteiger partial charge is 0.305 e. The Balaban J connectivity index is 0.00000156. The van der Waals surface area contributed by atoms with Gasteiger partial charge >= 0.3 is 0 Å². The SMILES string of the molecule is Cc1cc(C)c(B2c3ccc[c-]c3-c3ncccc32)c(C)c1.[Ir]. The molecular formula is C20H17BIrN-. The molecule has 115 valence electrons. The van der Waals surface area contributed by atoms with Crippen molar-refractivity contribution in [2.45, 2.75) is 20.8 Å². The number of aryl methyl sites for hydroxylation is 3. The first-order chi connectivity index (χ1) is 10.7. The molecule has 3 heteroatoms. The van der Waals surface area contributed by atoms with Crippen molar-refractivity contribution >= 4 is 23.1 Å². The zero-order valence-corrected chi connectivity index (χ0v) is 15.9. The van der Waals surface area contributed by atoms with Gasteiger partial charge in [0, 0.05) is 26.3 Å². The second-order valence-corrected chi connectivity index (χ2v) is 6.19. The topological polar surface area (TPSA) is 12.9 Å². The molecule has 3 aromatic rings. The summed E-state index contributed by atoms with van der Waals surface area (Å²) in [7, 11) is 0. The Morgan fingerprint density at radius 2 is 1.65 bits per heavy atom. The second kappa shape index (κ2) is 6.07. The van der Waals surface area contributed by atoms with Crippen molar-refractivity contribution < 1.29 is 20.1 Å². The Bertz CT molecular complexity index is 820. The molecule has 0 saturated carbocycles. The van der Waals surface area contributed by atoms with E-state index < -0.39 is 0 Å². The molecule has 0 spiro atoms. The maximum absolute atomic E-state index is 4.62. The normalized spacial score (nSPS) is 11.7. The summed E-state index contributed by atoms with van der Waals surface area (Å²) >= 11 is 0. The molecule has 0 saturated heterocycles. The van der Waals surface area contributed by atoms with Crippen molar-refractivity contribution in [3.63, 3.8) is 0 Å². The number of nitrogens with zero attached hydrogens (tertiary/aromatic N) is 1. The number of pyridine rings is 1. The summed E-state index contributed by atoms with van der Waals surface area (Å²) < 4.78 is 0.